The SMILES string of the molecule is CC[C@H](C)[C@@H](CN(C)[C@@H](Cc1ccccc1)C(=O)N[C@@H](CCSC)C(=O)OC)NC[C@@H](N)CS. The fraction of sp³-hybridized carbons (Fsp3) is 0.680. The predicted octanol–water partition coefficient (Wildman–Crippen LogP) is 2.20. The van der Waals surface area contributed by atoms with Gasteiger partial charge in [0, 0.05) is 30.9 Å². The smallest absolute Gasteiger partial charge is 0.328 e. The lowest BCUT2D eigenvalue weighted by molar-refractivity contribution is -0.145. The Morgan fingerprint density at radius 2 is 1.94 bits per heavy atom. The summed E-state index contributed by atoms with van der Waals surface area (Å²) in [6.07, 6.45) is 4.06. The molecule has 1 aromatic rings. The lowest BCUT2D eigenvalue weighted by Crippen LogP contribution is -2.55. The highest BCUT2D eigenvalue weighted by Gasteiger charge is 2.30. The second-order valence-corrected chi connectivity index (χ2v) is 10.2. The van der Waals surface area contributed by atoms with Crippen LogP contribution in [0, 0.1) is 5.92 Å². The van der Waals surface area contributed by atoms with Crippen molar-refractivity contribution in [2.45, 2.75) is 57.3 Å². The zero-order valence-corrected chi connectivity index (χ0v) is 23.0. The number of rotatable bonds is 17. The van der Waals surface area contributed by atoms with Crippen LogP contribution in [-0.2, 0) is 20.7 Å². The molecule has 4 N–H and O–H groups in total. The Bertz CT molecular complexity index is 711. The molecule has 0 aliphatic heterocycles. The van der Waals surface area contributed by atoms with Gasteiger partial charge in [0.2, 0.25) is 5.91 Å². The number of nitrogens with zero attached hydrogens (tertiary/aromatic N) is 1. The van der Waals surface area contributed by atoms with Crippen molar-refractivity contribution in [2.75, 3.05) is 45.0 Å². The van der Waals surface area contributed by atoms with Crippen LogP contribution in [0.5, 0.6) is 0 Å². The third-order valence-electron chi connectivity index (χ3n) is 6.21. The summed E-state index contributed by atoms with van der Waals surface area (Å²) in [4.78, 5) is 27.9. The third-order valence-corrected chi connectivity index (χ3v) is 7.32. The van der Waals surface area contributed by atoms with Gasteiger partial charge in [-0.2, -0.15) is 24.4 Å². The first kappa shape index (κ1) is 30.8. The van der Waals surface area contributed by atoms with Crippen LogP contribution in [0.2, 0.25) is 0 Å². The normalized spacial score (nSPS) is 15.9. The highest BCUT2D eigenvalue weighted by molar-refractivity contribution is 7.98. The Kier molecular flexibility index (Phi) is 15.6. The van der Waals surface area contributed by atoms with Gasteiger partial charge < -0.3 is 21.1 Å². The molecule has 0 fully saturated rings. The van der Waals surface area contributed by atoms with E-state index in [-0.39, 0.29) is 18.0 Å². The molecule has 0 unspecified atom stereocenters. The van der Waals surface area contributed by atoms with Crippen LogP contribution in [-0.4, -0.2) is 86.0 Å². The first-order valence-electron chi connectivity index (χ1n) is 12.0. The molecular weight excluding hydrogens is 468 g/mol. The van der Waals surface area contributed by atoms with E-state index in [9.17, 15) is 9.59 Å². The van der Waals surface area contributed by atoms with Crippen molar-refractivity contribution in [1.29, 1.82) is 0 Å². The van der Waals surface area contributed by atoms with Gasteiger partial charge in [-0.15, -0.1) is 0 Å². The first-order chi connectivity index (χ1) is 16.3. The second-order valence-electron chi connectivity index (χ2n) is 8.85. The standard InChI is InChI=1S/C25H44N4O3S2/c1-6-18(2)22(27-15-20(26)17-33)16-29(3)23(14-19-10-8-7-9-11-19)24(30)28-21(12-13-34-5)25(31)32-4/h7-11,18,20-23,27,33H,6,12-17,26H2,1-5H3,(H,28,30)/t18-,20+,21-,22+,23-/m0/s1. The minimum absolute atomic E-state index is 0.0270. The van der Waals surface area contributed by atoms with E-state index in [4.69, 9.17) is 10.5 Å². The summed E-state index contributed by atoms with van der Waals surface area (Å²) in [5, 5.41) is 6.54. The molecule has 0 aromatic heterocycles. The maximum atomic E-state index is 13.5. The van der Waals surface area contributed by atoms with E-state index >= 15 is 0 Å². The first-order valence-corrected chi connectivity index (χ1v) is 14.0. The molecule has 0 bridgehead atoms. The minimum atomic E-state index is -0.659. The number of likely N-dealkylation sites (N-methyl/N-ethyl adjacent to an activating group) is 1. The van der Waals surface area contributed by atoms with E-state index in [1.165, 1.54) is 7.11 Å². The molecule has 1 rings (SSSR count). The summed E-state index contributed by atoms with van der Waals surface area (Å²) in [6, 6.07) is 9.01. The molecule has 194 valence electrons. The zero-order chi connectivity index (χ0) is 25.5. The molecule has 7 nitrogen and oxygen atoms in total. The van der Waals surface area contributed by atoms with Gasteiger partial charge in [-0.1, -0.05) is 50.6 Å². The van der Waals surface area contributed by atoms with E-state index < -0.39 is 18.1 Å². The maximum absolute atomic E-state index is 13.5. The van der Waals surface area contributed by atoms with Crippen molar-refractivity contribution in [3.8, 4) is 0 Å². The highest BCUT2D eigenvalue weighted by Crippen LogP contribution is 2.14. The topological polar surface area (TPSA) is 96.7 Å². The number of ether oxygens (including phenoxy) is 1. The molecule has 9 heteroatoms. The van der Waals surface area contributed by atoms with Gasteiger partial charge in [-0.25, -0.2) is 4.79 Å². The number of esters is 1. The Hall–Kier alpha value is -1.26. The average Bonchev–Trinajstić information content (AvgIpc) is 2.86. The molecule has 0 radical (unpaired) electrons. The summed E-state index contributed by atoms with van der Waals surface area (Å²) < 4.78 is 4.94. The molecule has 0 saturated carbocycles. The molecule has 1 aromatic carbocycles. The second kappa shape index (κ2) is 17.2. The maximum Gasteiger partial charge on any atom is 0.328 e. The van der Waals surface area contributed by atoms with Crippen molar-refractivity contribution >= 4 is 36.3 Å². The van der Waals surface area contributed by atoms with Crippen LogP contribution in [0.3, 0.4) is 0 Å². The van der Waals surface area contributed by atoms with Crippen molar-refractivity contribution in [2.24, 2.45) is 11.7 Å². The number of nitrogens with two attached hydrogens (primary N) is 1. The van der Waals surface area contributed by atoms with Crippen molar-refractivity contribution in [1.82, 2.24) is 15.5 Å². The monoisotopic (exact) mass is 512 g/mol. The van der Waals surface area contributed by atoms with Gasteiger partial charge in [0.15, 0.2) is 0 Å². The van der Waals surface area contributed by atoms with E-state index in [0.717, 1.165) is 17.7 Å². The summed E-state index contributed by atoms with van der Waals surface area (Å²) in [5.41, 5.74) is 7.15. The number of amides is 1. The molecular formula is C25H44N4O3S2. The average molecular weight is 513 g/mol. The summed E-state index contributed by atoms with van der Waals surface area (Å²) in [6.45, 7) is 5.71. The molecule has 0 saturated heterocycles. The fourth-order valence-corrected chi connectivity index (χ4v) is 4.32. The van der Waals surface area contributed by atoms with Crippen LogP contribution >= 0.6 is 24.4 Å². The predicted molar refractivity (Wildman–Crippen MR) is 147 cm³/mol. The van der Waals surface area contributed by atoms with Crippen LogP contribution in [0.25, 0.3) is 0 Å². The van der Waals surface area contributed by atoms with Crippen LogP contribution in [0.1, 0.15) is 32.3 Å². The highest BCUT2D eigenvalue weighted by atomic mass is 32.2. The number of benzene rings is 1. The molecule has 0 spiro atoms. The van der Waals surface area contributed by atoms with Gasteiger partial charge in [-0.05, 0) is 43.4 Å². The zero-order valence-electron chi connectivity index (χ0n) is 21.3. The number of nitrogens with one attached hydrogen (secondary N) is 2. The largest absolute Gasteiger partial charge is 0.467 e. The number of methoxy groups -OCH3 is 1. The van der Waals surface area contributed by atoms with Crippen molar-refractivity contribution < 1.29 is 14.3 Å². The van der Waals surface area contributed by atoms with Gasteiger partial charge in [0.05, 0.1) is 13.2 Å². The molecule has 5 atom stereocenters. The third kappa shape index (κ3) is 11.0. The summed E-state index contributed by atoms with van der Waals surface area (Å²) in [5.74, 6) is 1.19. The Morgan fingerprint density at radius 1 is 1.26 bits per heavy atom. The lowest BCUT2D eigenvalue weighted by Gasteiger charge is -2.34. The summed E-state index contributed by atoms with van der Waals surface area (Å²) >= 11 is 5.92. The Balaban J connectivity index is 3.07. The Morgan fingerprint density at radius 3 is 2.50 bits per heavy atom. The molecule has 34 heavy (non-hydrogen) atoms. The van der Waals surface area contributed by atoms with E-state index in [1.54, 1.807) is 11.8 Å². The molecule has 0 heterocycles. The van der Waals surface area contributed by atoms with Crippen LogP contribution < -0.4 is 16.4 Å². The number of carbonyl (C=O) groups excluding carboxylic acids is 2. The molecule has 0 aliphatic carbocycles. The number of hydrogen-bond acceptors (Lipinski definition) is 8. The van der Waals surface area contributed by atoms with Gasteiger partial charge in [0.1, 0.15) is 6.04 Å². The van der Waals surface area contributed by atoms with Crippen LogP contribution in [0.4, 0.5) is 0 Å². The summed E-state index contributed by atoms with van der Waals surface area (Å²) in [7, 11) is 3.32. The van der Waals surface area contributed by atoms with Gasteiger partial charge in [-0.3, -0.25) is 9.69 Å². The molecule has 1 amide bonds. The number of hydrogen-bond donors (Lipinski definition) is 4. The quantitative estimate of drug-likeness (QED) is 0.188. The van der Waals surface area contributed by atoms with Crippen molar-refractivity contribution in [3.63, 3.8) is 0 Å². The van der Waals surface area contributed by atoms with Crippen LogP contribution in [0.15, 0.2) is 30.3 Å². The van der Waals surface area contributed by atoms with Crippen molar-refractivity contribution in [3.05, 3.63) is 35.9 Å². The lowest BCUT2D eigenvalue weighted by atomic mass is 9.96. The van der Waals surface area contributed by atoms with Gasteiger partial charge in [0.25, 0.3) is 0 Å². The van der Waals surface area contributed by atoms with E-state index in [1.807, 2.05) is 43.6 Å². The van der Waals surface area contributed by atoms with E-state index in [0.29, 0.717) is 37.6 Å². The number of carbonyl (C=O) groups is 2. The molecule has 0 aliphatic rings. The van der Waals surface area contributed by atoms with E-state index in [2.05, 4.69) is 42.0 Å². The van der Waals surface area contributed by atoms with Gasteiger partial charge >= 0.3 is 5.97 Å². The Labute approximate surface area is 215 Å². The number of thioether (sulfide) groups is 1. The fourth-order valence-electron chi connectivity index (χ4n) is 3.72. The minimum Gasteiger partial charge on any atom is -0.467 e. The number of thiol groups is 1.